The fraction of sp³-hybridized carbons (Fsp3) is 0.125. The van der Waals surface area contributed by atoms with Gasteiger partial charge in [0.25, 0.3) is 0 Å². The molecular weight excluding hydrogens is 400 g/mol. The minimum Gasteiger partial charge on any atom is -0.507 e. The molecule has 120 valence electrons. The van der Waals surface area contributed by atoms with E-state index in [2.05, 4.69) is 26.5 Å². The molecule has 2 aromatic carbocycles. The number of halogens is 2. The van der Waals surface area contributed by atoms with Crippen molar-refractivity contribution in [3.8, 4) is 5.75 Å². The first-order valence-electron chi connectivity index (χ1n) is 6.68. The van der Waals surface area contributed by atoms with E-state index in [-0.39, 0.29) is 11.7 Å². The van der Waals surface area contributed by atoms with Gasteiger partial charge in [0.05, 0.1) is 12.0 Å². The number of phenols is 1. The Hall–Kier alpha value is -1.50. The van der Waals surface area contributed by atoms with Gasteiger partial charge in [0, 0.05) is 20.8 Å². The number of benzene rings is 2. The van der Waals surface area contributed by atoms with E-state index < -0.39 is 0 Å². The molecule has 0 aromatic heterocycles. The predicted molar refractivity (Wildman–Crippen MR) is 99.2 cm³/mol. The molecule has 0 atom stereocenters. The van der Waals surface area contributed by atoms with Crippen LogP contribution in [0.2, 0.25) is 5.02 Å². The van der Waals surface area contributed by atoms with Crippen molar-refractivity contribution in [1.82, 2.24) is 5.43 Å². The van der Waals surface area contributed by atoms with Crippen LogP contribution in [-0.4, -0.2) is 23.0 Å². The van der Waals surface area contributed by atoms with Gasteiger partial charge in [-0.25, -0.2) is 5.43 Å². The van der Waals surface area contributed by atoms with Crippen LogP contribution in [0, 0.1) is 0 Å². The minimum absolute atomic E-state index is 0.0516. The maximum Gasteiger partial charge on any atom is 0.250 e. The summed E-state index contributed by atoms with van der Waals surface area (Å²) in [4.78, 5) is 11.7. The molecule has 23 heavy (non-hydrogen) atoms. The smallest absolute Gasteiger partial charge is 0.250 e. The van der Waals surface area contributed by atoms with Crippen molar-refractivity contribution in [2.24, 2.45) is 5.10 Å². The van der Waals surface area contributed by atoms with Gasteiger partial charge < -0.3 is 5.11 Å². The van der Waals surface area contributed by atoms with Gasteiger partial charge in [0.2, 0.25) is 5.91 Å². The summed E-state index contributed by atoms with van der Waals surface area (Å²) in [6.45, 7) is 0. The molecule has 7 heteroatoms. The maximum absolute atomic E-state index is 11.7. The predicted octanol–water partition coefficient (Wildman–Crippen LogP) is 4.19. The number of aromatic hydroxyl groups is 1. The van der Waals surface area contributed by atoms with E-state index in [0.29, 0.717) is 16.3 Å². The van der Waals surface area contributed by atoms with Crippen LogP contribution in [0.4, 0.5) is 0 Å². The highest BCUT2D eigenvalue weighted by Gasteiger charge is 2.03. The molecule has 0 unspecified atom stereocenters. The lowest BCUT2D eigenvalue weighted by Crippen LogP contribution is -2.19. The van der Waals surface area contributed by atoms with Gasteiger partial charge in [-0.3, -0.25) is 4.79 Å². The number of thioether (sulfide) groups is 1. The summed E-state index contributed by atoms with van der Waals surface area (Å²) in [5.41, 5.74) is 4.00. The average molecular weight is 414 g/mol. The number of nitrogens with one attached hydrogen (secondary N) is 1. The second-order valence-electron chi connectivity index (χ2n) is 4.58. The van der Waals surface area contributed by atoms with E-state index in [0.717, 1.165) is 15.8 Å². The third-order valence-electron chi connectivity index (χ3n) is 2.83. The average Bonchev–Trinajstić information content (AvgIpc) is 2.52. The van der Waals surface area contributed by atoms with Gasteiger partial charge in [0.15, 0.2) is 0 Å². The molecule has 2 rings (SSSR count). The van der Waals surface area contributed by atoms with Gasteiger partial charge in [-0.2, -0.15) is 5.10 Å². The fourth-order valence-electron chi connectivity index (χ4n) is 1.70. The number of carbonyl (C=O) groups is 1. The van der Waals surface area contributed by atoms with Gasteiger partial charge in [-0.05, 0) is 29.8 Å². The summed E-state index contributed by atoms with van der Waals surface area (Å²) in [6.07, 6.45) is 1.36. The van der Waals surface area contributed by atoms with Crippen LogP contribution in [0.5, 0.6) is 5.75 Å². The highest BCUT2D eigenvalue weighted by molar-refractivity contribution is 9.10. The molecule has 0 aliphatic rings. The molecule has 0 saturated heterocycles. The van der Waals surface area contributed by atoms with E-state index in [1.165, 1.54) is 24.0 Å². The van der Waals surface area contributed by atoms with Crippen LogP contribution in [0.1, 0.15) is 11.1 Å². The lowest BCUT2D eigenvalue weighted by atomic mass is 10.2. The van der Waals surface area contributed by atoms with E-state index in [1.54, 1.807) is 12.1 Å². The molecule has 2 N–H and O–H groups in total. The first kappa shape index (κ1) is 17.8. The van der Waals surface area contributed by atoms with Crippen LogP contribution in [0.25, 0.3) is 0 Å². The monoisotopic (exact) mass is 412 g/mol. The largest absolute Gasteiger partial charge is 0.507 e. The van der Waals surface area contributed by atoms with Crippen molar-refractivity contribution < 1.29 is 9.90 Å². The molecule has 0 saturated carbocycles. The summed E-state index contributed by atoms with van der Waals surface area (Å²) >= 11 is 10.8. The molecule has 1 amide bonds. The normalized spacial score (nSPS) is 10.9. The van der Waals surface area contributed by atoms with Crippen LogP contribution >= 0.6 is 39.3 Å². The van der Waals surface area contributed by atoms with Crippen molar-refractivity contribution in [2.45, 2.75) is 5.75 Å². The standard InChI is InChI=1S/C16H14BrClN2O2S/c17-14-4-2-1-3-11(14)9-23-10-16(22)20-19-8-12-7-13(18)5-6-15(12)21/h1-8,21H,9-10H2,(H,20,22)/b19-8+. The first-order chi connectivity index (χ1) is 11.1. The second-order valence-corrected chi connectivity index (χ2v) is 6.86. The molecular formula is C16H14BrClN2O2S. The van der Waals surface area contributed by atoms with Crippen molar-refractivity contribution in [3.05, 3.63) is 63.1 Å². The number of phenolic OH excluding ortho intramolecular Hbond substituents is 1. The SMILES string of the molecule is O=C(CSCc1ccccc1Br)N/N=C/c1cc(Cl)ccc1O. The summed E-state index contributed by atoms with van der Waals surface area (Å²) in [7, 11) is 0. The quantitative estimate of drug-likeness (QED) is 0.551. The van der Waals surface area contributed by atoms with E-state index in [4.69, 9.17) is 11.6 Å². The summed E-state index contributed by atoms with van der Waals surface area (Å²) in [5, 5.41) is 13.9. The van der Waals surface area contributed by atoms with E-state index >= 15 is 0 Å². The Labute approximate surface area is 152 Å². The van der Waals surface area contributed by atoms with Crippen LogP contribution in [-0.2, 0) is 10.5 Å². The number of hydrazone groups is 1. The van der Waals surface area contributed by atoms with Crippen molar-refractivity contribution >= 4 is 51.4 Å². The Morgan fingerprint density at radius 2 is 2.13 bits per heavy atom. The Morgan fingerprint density at radius 3 is 2.91 bits per heavy atom. The second kappa shape index (κ2) is 8.96. The van der Waals surface area contributed by atoms with Crippen molar-refractivity contribution in [3.63, 3.8) is 0 Å². The molecule has 2 aromatic rings. The van der Waals surface area contributed by atoms with E-state index in [9.17, 15) is 9.90 Å². The third kappa shape index (κ3) is 5.89. The topological polar surface area (TPSA) is 61.7 Å². The molecule has 0 bridgehead atoms. The van der Waals surface area contributed by atoms with Gasteiger partial charge >= 0.3 is 0 Å². The lowest BCUT2D eigenvalue weighted by molar-refractivity contribution is -0.118. The zero-order valence-corrected chi connectivity index (χ0v) is 15.2. The summed E-state index contributed by atoms with van der Waals surface area (Å²) in [5.74, 6) is 0.865. The van der Waals surface area contributed by atoms with Crippen LogP contribution in [0.15, 0.2) is 52.0 Å². The van der Waals surface area contributed by atoms with Gasteiger partial charge in [0.1, 0.15) is 5.75 Å². The number of rotatable bonds is 6. The Balaban J connectivity index is 1.78. The summed E-state index contributed by atoms with van der Waals surface area (Å²) < 4.78 is 1.03. The summed E-state index contributed by atoms with van der Waals surface area (Å²) in [6, 6.07) is 12.5. The highest BCUT2D eigenvalue weighted by Crippen LogP contribution is 2.21. The number of hydrogen-bond acceptors (Lipinski definition) is 4. The number of amides is 1. The third-order valence-corrected chi connectivity index (χ3v) is 4.82. The van der Waals surface area contributed by atoms with Gasteiger partial charge in [-0.15, -0.1) is 11.8 Å². The molecule has 0 fully saturated rings. The van der Waals surface area contributed by atoms with E-state index in [1.807, 2.05) is 24.3 Å². The van der Waals surface area contributed by atoms with Gasteiger partial charge in [-0.1, -0.05) is 45.7 Å². The maximum atomic E-state index is 11.7. The minimum atomic E-state index is -0.208. The first-order valence-corrected chi connectivity index (χ1v) is 9.00. The van der Waals surface area contributed by atoms with Crippen LogP contribution < -0.4 is 5.43 Å². The molecule has 0 heterocycles. The Bertz CT molecular complexity index is 725. The molecule has 0 radical (unpaired) electrons. The molecule has 4 nitrogen and oxygen atoms in total. The lowest BCUT2D eigenvalue weighted by Gasteiger charge is -2.04. The highest BCUT2D eigenvalue weighted by atomic mass is 79.9. The zero-order valence-electron chi connectivity index (χ0n) is 12.0. The van der Waals surface area contributed by atoms with Crippen LogP contribution in [0.3, 0.4) is 0 Å². The molecule has 0 aliphatic heterocycles. The number of nitrogens with zero attached hydrogens (tertiary/aromatic N) is 1. The van der Waals surface area contributed by atoms with Crippen molar-refractivity contribution in [2.75, 3.05) is 5.75 Å². The Morgan fingerprint density at radius 1 is 1.35 bits per heavy atom. The zero-order chi connectivity index (χ0) is 16.7. The molecule has 0 spiro atoms. The van der Waals surface area contributed by atoms with Crippen molar-refractivity contribution in [1.29, 1.82) is 0 Å². The Kier molecular flexibility index (Phi) is 6.95. The molecule has 0 aliphatic carbocycles. The number of carbonyl (C=O) groups excluding carboxylic acids is 1. The number of hydrogen-bond donors (Lipinski definition) is 2. The fourth-order valence-corrected chi connectivity index (χ4v) is 3.32.